The number of hydrogen-bond acceptors (Lipinski definition) is 3. The Morgan fingerprint density at radius 2 is 1.52 bits per heavy atom. The Labute approximate surface area is 238 Å². The Morgan fingerprint density at radius 3 is 2.05 bits per heavy atom. The van der Waals surface area contributed by atoms with Crippen LogP contribution in [0.2, 0.25) is 0 Å². The van der Waals surface area contributed by atoms with E-state index >= 15 is 0 Å². The van der Waals surface area contributed by atoms with E-state index in [2.05, 4.69) is 11.0 Å². The molecular formula is C30H33F9N2O. The molecule has 3 nitrogen and oxygen atoms in total. The van der Waals surface area contributed by atoms with E-state index in [0.29, 0.717) is 24.5 Å². The third-order valence-corrected chi connectivity index (χ3v) is 9.77. The maximum absolute atomic E-state index is 14.6. The van der Waals surface area contributed by atoms with Gasteiger partial charge in [-0.15, -0.1) is 0 Å². The fraction of sp³-hybridized carbons (Fsp3) is 0.700. The molecule has 42 heavy (non-hydrogen) atoms. The van der Waals surface area contributed by atoms with Crippen molar-refractivity contribution in [3.05, 3.63) is 41.0 Å². The van der Waals surface area contributed by atoms with E-state index in [0.717, 1.165) is 31.4 Å². The first-order valence-corrected chi connectivity index (χ1v) is 14.4. The van der Waals surface area contributed by atoms with Crippen LogP contribution < -0.4 is 0 Å². The van der Waals surface area contributed by atoms with Gasteiger partial charge in [0.25, 0.3) is 0 Å². The Balaban J connectivity index is 1.46. The first-order valence-electron chi connectivity index (χ1n) is 14.4. The van der Waals surface area contributed by atoms with Crippen LogP contribution in [0.25, 0.3) is 6.08 Å². The molecule has 0 aromatic heterocycles. The lowest BCUT2D eigenvalue weighted by Crippen LogP contribution is -2.58. The summed E-state index contributed by atoms with van der Waals surface area (Å²) in [6, 6.07) is 6.43. The molecule has 0 spiro atoms. The number of halogens is 9. The van der Waals surface area contributed by atoms with Crippen LogP contribution in [0.3, 0.4) is 0 Å². The van der Waals surface area contributed by atoms with Gasteiger partial charge in [-0.05, 0) is 87.1 Å². The third-order valence-electron chi connectivity index (χ3n) is 9.77. The van der Waals surface area contributed by atoms with Crippen LogP contribution in [0.15, 0.2) is 24.3 Å². The van der Waals surface area contributed by atoms with Gasteiger partial charge in [0, 0.05) is 24.0 Å². The highest BCUT2D eigenvalue weighted by Crippen LogP contribution is 2.57. The van der Waals surface area contributed by atoms with Gasteiger partial charge in [0.2, 0.25) is 0 Å². The van der Waals surface area contributed by atoms with Gasteiger partial charge in [-0.2, -0.15) is 44.8 Å². The van der Waals surface area contributed by atoms with Gasteiger partial charge < -0.3 is 4.74 Å². The monoisotopic (exact) mass is 608 g/mol. The Kier molecular flexibility index (Phi) is 8.18. The lowest BCUT2D eigenvalue weighted by atomic mass is 9.73. The zero-order valence-electron chi connectivity index (χ0n) is 23.0. The zero-order chi connectivity index (χ0) is 30.7. The maximum Gasteiger partial charge on any atom is 0.422 e. The van der Waals surface area contributed by atoms with Gasteiger partial charge in [0.1, 0.15) is 5.92 Å². The van der Waals surface area contributed by atoms with Crippen molar-refractivity contribution in [3.8, 4) is 6.07 Å². The van der Waals surface area contributed by atoms with Crippen molar-refractivity contribution in [2.45, 2.75) is 119 Å². The molecule has 12 heteroatoms. The number of benzene rings is 1. The quantitative estimate of drug-likeness (QED) is 0.320. The molecule has 2 aliphatic carbocycles. The Morgan fingerprint density at radius 1 is 0.905 bits per heavy atom. The fourth-order valence-corrected chi connectivity index (χ4v) is 7.76. The zero-order valence-corrected chi connectivity index (χ0v) is 23.0. The minimum absolute atomic E-state index is 0.00278. The highest BCUT2D eigenvalue weighted by molar-refractivity contribution is 5.63. The number of alkyl halides is 9. The number of piperidine rings is 2. The summed E-state index contributed by atoms with van der Waals surface area (Å²) >= 11 is 0. The predicted molar refractivity (Wildman–Crippen MR) is 136 cm³/mol. The largest absolute Gasteiger partial charge is 0.422 e. The van der Waals surface area contributed by atoms with E-state index in [1.807, 2.05) is 6.92 Å². The maximum atomic E-state index is 14.6. The van der Waals surface area contributed by atoms with Crippen molar-refractivity contribution in [1.29, 1.82) is 5.26 Å². The molecule has 2 aliphatic heterocycles. The molecule has 1 aromatic carbocycles. The van der Waals surface area contributed by atoms with Crippen LogP contribution >= 0.6 is 0 Å². The minimum Gasteiger partial charge on any atom is -0.357 e. The first-order chi connectivity index (χ1) is 19.5. The van der Waals surface area contributed by atoms with Crippen LogP contribution in [0.1, 0.15) is 93.4 Å². The number of fused-ring (bicyclic) bond motifs is 3. The summed E-state index contributed by atoms with van der Waals surface area (Å²) in [4.78, 5) is 2.30. The fourth-order valence-electron chi connectivity index (χ4n) is 7.76. The van der Waals surface area contributed by atoms with Crippen LogP contribution in [-0.2, 0) is 4.74 Å². The molecular weight excluding hydrogens is 575 g/mol. The number of rotatable bonds is 4. The van der Waals surface area contributed by atoms with E-state index in [4.69, 9.17) is 4.74 Å². The number of hydrogen-bond donors (Lipinski definition) is 0. The summed E-state index contributed by atoms with van der Waals surface area (Å²) in [6.07, 6.45) is -13.0. The van der Waals surface area contributed by atoms with Crippen molar-refractivity contribution in [1.82, 2.24) is 4.90 Å². The average molecular weight is 609 g/mol. The van der Waals surface area contributed by atoms with E-state index in [1.54, 1.807) is 0 Å². The second-order valence-corrected chi connectivity index (χ2v) is 12.3. The molecule has 232 valence electrons. The third kappa shape index (κ3) is 5.68. The minimum atomic E-state index is -5.49. The molecule has 1 aromatic rings. The highest BCUT2D eigenvalue weighted by Gasteiger charge is 2.69. The smallest absolute Gasteiger partial charge is 0.357 e. The molecule has 5 rings (SSSR count). The second-order valence-electron chi connectivity index (χ2n) is 12.3. The number of nitrogens with zero attached hydrogens (tertiary/aromatic N) is 2. The number of ether oxygens (including phenoxy) is 1. The SMILES string of the molecule is CC(c1ccc2c(c1)C=CC(O[C@H]1CC[C@@H](C(F)(F)F)CC1)(C(F)(F)F)C2C(F)(F)F)N1C2CCCC1CC(C#N)C2. The number of nitriles is 1. The molecule has 5 atom stereocenters. The first kappa shape index (κ1) is 31.2. The topological polar surface area (TPSA) is 36.3 Å². The van der Waals surface area contributed by atoms with Crippen molar-refractivity contribution in [2.75, 3.05) is 0 Å². The summed E-state index contributed by atoms with van der Waals surface area (Å²) in [7, 11) is 0. The molecule has 2 heterocycles. The summed E-state index contributed by atoms with van der Waals surface area (Å²) in [5.74, 6) is -4.85. The van der Waals surface area contributed by atoms with Gasteiger partial charge >= 0.3 is 18.5 Å². The van der Waals surface area contributed by atoms with Crippen molar-refractivity contribution in [2.24, 2.45) is 11.8 Å². The molecule has 0 N–H and O–H groups in total. The summed E-state index contributed by atoms with van der Waals surface area (Å²) < 4.78 is 132. The van der Waals surface area contributed by atoms with E-state index in [9.17, 15) is 44.8 Å². The normalized spacial score (nSPS) is 34.9. The lowest BCUT2D eigenvalue weighted by Gasteiger charge is -2.50. The second kappa shape index (κ2) is 11.0. The summed E-state index contributed by atoms with van der Waals surface area (Å²) in [5, 5.41) is 9.45. The van der Waals surface area contributed by atoms with Crippen LogP contribution in [0, 0.1) is 23.2 Å². The Hall–Kier alpha value is -2.26. The van der Waals surface area contributed by atoms with Gasteiger partial charge in [-0.3, -0.25) is 4.90 Å². The van der Waals surface area contributed by atoms with Crippen molar-refractivity contribution < 1.29 is 44.3 Å². The standard InChI is InChI=1S/C30H33F9N2O/c1-17(41-22-3-2-4-23(41)14-18(13-22)16-40)19-5-10-25-20(15-19)11-12-27(30(37,38)39,26(25)29(34,35)36)42-24-8-6-21(7-9-24)28(31,32)33/h5,10-12,15,17-18,21-24,26H,2-4,6-9,13-14H2,1H3/t17?,18?,21-,22?,23?,24+,26?,27?. The van der Waals surface area contributed by atoms with Gasteiger partial charge in [-0.25, -0.2) is 0 Å². The summed E-state index contributed by atoms with van der Waals surface area (Å²) in [5.41, 5.74) is -3.68. The summed E-state index contributed by atoms with van der Waals surface area (Å²) in [6.45, 7) is 1.92. The van der Waals surface area contributed by atoms with Crippen molar-refractivity contribution in [3.63, 3.8) is 0 Å². The van der Waals surface area contributed by atoms with E-state index in [1.165, 1.54) is 12.1 Å². The molecule has 2 bridgehead atoms. The molecule has 0 amide bonds. The molecule has 2 saturated heterocycles. The van der Waals surface area contributed by atoms with Crippen molar-refractivity contribution >= 4 is 6.08 Å². The van der Waals surface area contributed by atoms with Gasteiger partial charge in [-0.1, -0.05) is 24.6 Å². The predicted octanol–water partition coefficient (Wildman–Crippen LogP) is 9.02. The van der Waals surface area contributed by atoms with Gasteiger partial charge in [0.15, 0.2) is 5.60 Å². The van der Waals surface area contributed by atoms with Crippen LogP contribution in [-0.4, -0.2) is 47.2 Å². The van der Waals surface area contributed by atoms with E-state index < -0.39 is 73.3 Å². The Bertz CT molecular complexity index is 1200. The molecule has 0 radical (unpaired) electrons. The molecule has 3 fully saturated rings. The highest BCUT2D eigenvalue weighted by atomic mass is 19.4. The average Bonchev–Trinajstić information content (AvgIpc) is 2.90. The van der Waals surface area contributed by atoms with E-state index in [-0.39, 0.29) is 29.6 Å². The lowest BCUT2D eigenvalue weighted by molar-refractivity contribution is -0.316. The van der Waals surface area contributed by atoms with Gasteiger partial charge in [0.05, 0.1) is 18.1 Å². The molecule has 5 unspecified atom stereocenters. The molecule has 1 saturated carbocycles. The van der Waals surface area contributed by atoms with Crippen LogP contribution in [0.5, 0.6) is 0 Å². The molecule has 4 aliphatic rings. The van der Waals surface area contributed by atoms with Crippen LogP contribution in [0.4, 0.5) is 39.5 Å².